The third kappa shape index (κ3) is 2.59. The van der Waals surface area contributed by atoms with Gasteiger partial charge in [0.1, 0.15) is 5.75 Å². The Labute approximate surface area is 115 Å². The summed E-state index contributed by atoms with van der Waals surface area (Å²) in [7, 11) is 1.62. The van der Waals surface area contributed by atoms with Crippen molar-refractivity contribution in [3.8, 4) is 5.75 Å². The van der Waals surface area contributed by atoms with Gasteiger partial charge in [0.15, 0.2) is 0 Å². The van der Waals surface area contributed by atoms with Crippen LogP contribution in [0.5, 0.6) is 5.75 Å². The van der Waals surface area contributed by atoms with E-state index < -0.39 is 0 Å². The number of benzene rings is 1. The molecule has 0 saturated heterocycles. The van der Waals surface area contributed by atoms with E-state index in [4.69, 9.17) is 27.9 Å². The Morgan fingerprint density at radius 1 is 1.29 bits per heavy atom. The summed E-state index contributed by atoms with van der Waals surface area (Å²) in [6.07, 6.45) is 0. The first kappa shape index (κ1) is 12.7. The largest absolute Gasteiger partial charge is 0.497 e. The number of methoxy groups -OCH3 is 1. The molecule has 17 heavy (non-hydrogen) atoms. The van der Waals surface area contributed by atoms with E-state index >= 15 is 0 Å². The minimum absolute atomic E-state index is 0.201. The van der Waals surface area contributed by atoms with E-state index in [1.165, 1.54) is 5.56 Å². The molecule has 0 spiro atoms. The van der Waals surface area contributed by atoms with E-state index in [9.17, 15) is 0 Å². The topological polar surface area (TPSA) is 9.23 Å². The standard InChI is InChI=1S/C13H12Cl2OS/c1-8-5-6-17-13(8)12(15)10-4-3-9(16-2)7-11(10)14/h3-7,12H,1-2H3. The first-order valence-electron chi connectivity index (χ1n) is 5.15. The van der Waals surface area contributed by atoms with E-state index in [0.717, 1.165) is 16.2 Å². The van der Waals surface area contributed by atoms with Crippen molar-refractivity contribution in [1.29, 1.82) is 0 Å². The molecule has 4 heteroatoms. The number of halogens is 2. The van der Waals surface area contributed by atoms with Gasteiger partial charge in [-0.15, -0.1) is 22.9 Å². The summed E-state index contributed by atoms with van der Waals surface area (Å²) in [6.45, 7) is 2.05. The Kier molecular flexibility index (Phi) is 3.97. The highest BCUT2D eigenvalue weighted by atomic mass is 35.5. The SMILES string of the molecule is COc1ccc(C(Cl)c2sccc2C)c(Cl)c1. The van der Waals surface area contributed by atoms with Crippen LogP contribution < -0.4 is 4.74 Å². The van der Waals surface area contributed by atoms with Crippen LogP contribution in [0.25, 0.3) is 0 Å². The van der Waals surface area contributed by atoms with E-state index in [2.05, 4.69) is 13.0 Å². The lowest BCUT2D eigenvalue weighted by Gasteiger charge is -2.12. The van der Waals surface area contributed by atoms with Gasteiger partial charge >= 0.3 is 0 Å². The van der Waals surface area contributed by atoms with Crippen LogP contribution in [0.3, 0.4) is 0 Å². The Bertz CT molecular complexity index is 522. The maximum atomic E-state index is 6.46. The Morgan fingerprint density at radius 2 is 2.06 bits per heavy atom. The molecule has 0 aliphatic carbocycles. The molecule has 1 atom stereocenters. The van der Waals surface area contributed by atoms with E-state index in [-0.39, 0.29) is 5.38 Å². The van der Waals surface area contributed by atoms with Gasteiger partial charge in [0.2, 0.25) is 0 Å². The van der Waals surface area contributed by atoms with Crippen molar-refractivity contribution in [2.75, 3.05) is 7.11 Å². The molecule has 1 aromatic carbocycles. The zero-order chi connectivity index (χ0) is 12.4. The second kappa shape index (κ2) is 5.30. The molecule has 0 N–H and O–H groups in total. The molecule has 0 saturated carbocycles. The van der Waals surface area contributed by atoms with Gasteiger partial charge in [-0.1, -0.05) is 17.7 Å². The molecule has 1 nitrogen and oxygen atoms in total. The smallest absolute Gasteiger partial charge is 0.120 e. The summed E-state index contributed by atoms with van der Waals surface area (Å²) in [6, 6.07) is 7.64. The van der Waals surface area contributed by atoms with Crippen LogP contribution in [0.15, 0.2) is 29.6 Å². The molecule has 0 bridgehead atoms. The molecule has 0 aliphatic rings. The van der Waals surface area contributed by atoms with Gasteiger partial charge in [-0.05, 0) is 41.6 Å². The number of hydrogen-bond donors (Lipinski definition) is 0. The number of aryl methyl sites for hydroxylation is 1. The molecule has 2 aromatic rings. The highest BCUT2D eigenvalue weighted by Crippen LogP contribution is 2.38. The van der Waals surface area contributed by atoms with Crippen molar-refractivity contribution in [3.63, 3.8) is 0 Å². The fourth-order valence-electron chi connectivity index (χ4n) is 1.63. The average Bonchev–Trinajstić information content (AvgIpc) is 2.74. The van der Waals surface area contributed by atoms with Crippen LogP contribution >= 0.6 is 34.5 Å². The number of alkyl halides is 1. The summed E-state index contributed by atoms with van der Waals surface area (Å²) in [5.41, 5.74) is 2.11. The molecule has 2 rings (SSSR count). The molecular weight excluding hydrogens is 275 g/mol. The van der Waals surface area contributed by atoms with Crippen molar-refractivity contribution in [1.82, 2.24) is 0 Å². The fraction of sp³-hybridized carbons (Fsp3) is 0.231. The average molecular weight is 287 g/mol. The molecule has 0 radical (unpaired) electrons. The first-order chi connectivity index (χ1) is 8.13. The second-order valence-electron chi connectivity index (χ2n) is 3.72. The fourth-order valence-corrected chi connectivity index (χ4v) is 3.40. The Morgan fingerprint density at radius 3 is 2.59 bits per heavy atom. The maximum absolute atomic E-state index is 6.46. The summed E-state index contributed by atoms with van der Waals surface area (Å²) in [4.78, 5) is 1.14. The Balaban J connectivity index is 2.38. The quantitative estimate of drug-likeness (QED) is 0.718. The molecular formula is C13H12Cl2OS. The van der Waals surface area contributed by atoms with Crippen LogP contribution in [0, 0.1) is 6.92 Å². The lowest BCUT2D eigenvalue weighted by atomic mass is 10.1. The van der Waals surface area contributed by atoms with Gasteiger partial charge in [-0.2, -0.15) is 0 Å². The molecule has 90 valence electrons. The van der Waals surface area contributed by atoms with Crippen molar-refractivity contribution in [2.45, 2.75) is 12.3 Å². The molecule has 0 aliphatic heterocycles. The monoisotopic (exact) mass is 286 g/mol. The van der Waals surface area contributed by atoms with E-state index in [1.54, 1.807) is 24.5 Å². The number of ether oxygens (including phenoxy) is 1. The van der Waals surface area contributed by atoms with Crippen molar-refractivity contribution >= 4 is 34.5 Å². The van der Waals surface area contributed by atoms with E-state index in [1.807, 2.05) is 17.5 Å². The van der Waals surface area contributed by atoms with Gasteiger partial charge in [-0.25, -0.2) is 0 Å². The van der Waals surface area contributed by atoms with Crippen molar-refractivity contribution < 1.29 is 4.74 Å². The second-order valence-corrected chi connectivity index (χ2v) is 5.51. The van der Waals surface area contributed by atoms with Gasteiger partial charge in [0, 0.05) is 9.90 Å². The molecule has 0 fully saturated rings. The highest BCUT2D eigenvalue weighted by Gasteiger charge is 2.17. The van der Waals surface area contributed by atoms with Gasteiger partial charge in [0.25, 0.3) is 0 Å². The maximum Gasteiger partial charge on any atom is 0.120 e. The zero-order valence-electron chi connectivity index (χ0n) is 9.54. The molecule has 1 heterocycles. The van der Waals surface area contributed by atoms with Crippen LogP contribution in [0.2, 0.25) is 5.02 Å². The summed E-state index contributed by atoms with van der Waals surface area (Å²) < 4.78 is 5.12. The highest BCUT2D eigenvalue weighted by molar-refractivity contribution is 7.10. The van der Waals surface area contributed by atoms with Gasteiger partial charge in [-0.3, -0.25) is 0 Å². The van der Waals surface area contributed by atoms with Crippen molar-refractivity contribution in [3.05, 3.63) is 50.7 Å². The lowest BCUT2D eigenvalue weighted by Crippen LogP contribution is -1.94. The predicted octanol–water partition coefficient (Wildman–Crippen LogP) is 5.05. The molecule has 1 unspecified atom stereocenters. The summed E-state index contributed by atoms with van der Waals surface area (Å²) in [5.74, 6) is 0.741. The first-order valence-corrected chi connectivity index (χ1v) is 6.84. The predicted molar refractivity (Wildman–Crippen MR) is 74.8 cm³/mol. The van der Waals surface area contributed by atoms with Gasteiger partial charge < -0.3 is 4.74 Å². The van der Waals surface area contributed by atoms with Crippen molar-refractivity contribution in [2.24, 2.45) is 0 Å². The number of thiophene rings is 1. The summed E-state index contributed by atoms with van der Waals surface area (Å²) in [5, 5.41) is 2.47. The van der Waals surface area contributed by atoms with Crippen LogP contribution in [0.1, 0.15) is 21.4 Å². The number of rotatable bonds is 3. The van der Waals surface area contributed by atoms with Crippen LogP contribution in [0.4, 0.5) is 0 Å². The van der Waals surface area contributed by atoms with Crippen LogP contribution in [-0.4, -0.2) is 7.11 Å². The lowest BCUT2D eigenvalue weighted by molar-refractivity contribution is 0.414. The normalized spacial score (nSPS) is 12.5. The van der Waals surface area contributed by atoms with E-state index in [0.29, 0.717) is 5.02 Å². The third-order valence-corrected chi connectivity index (χ3v) is 4.61. The summed E-state index contributed by atoms with van der Waals surface area (Å²) >= 11 is 14.3. The Hall–Kier alpha value is -0.700. The minimum atomic E-state index is -0.201. The third-order valence-electron chi connectivity index (χ3n) is 2.61. The number of hydrogen-bond acceptors (Lipinski definition) is 2. The zero-order valence-corrected chi connectivity index (χ0v) is 11.9. The minimum Gasteiger partial charge on any atom is -0.497 e. The van der Waals surface area contributed by atoms with Crippen LogP contribution in [-0.2, 0) is 0 Å². The molecule has 1 aromatic heterocycles. The van der Waals surface area contributed by atoms with Gasteiger partial charge in [0.05, 0.1) is 12.5 Å². The molecule has 0 amide bonds.